The first-order valence-electron chi connectivity index (χ1n) is 7.52. The number of nitrogens with one attached hydrogen (secondary N) is 1. The molecule has 0 saturated carbocycles. The van der Waals surface area contributed by atoms with Gasteiger partial charge in [-0.25, -0.2) is 9.97 Å². The highest BCUT2D eigenvalue weighted by Crippen LogP contribution is 2.26. The summed E-state index contributed by atoms with van der Waals surface area (Å²) in [5.41, 5.74) is 2.41. The summed E-state index contributed by atoms with van der Waals surface area (Å²) in [5.74, 6) is 1.16. The van der Waals surface area contributed by atoms with Crippen molar-refractivity contribution in [3.8, 4) is 0 Å². The Morgan fingerprint density at radius 3 is 2.79 bits per heavy atom. The average Bonchev–Trinajstić information content (AvgIpc) is 2.98. The largest absolute Gasteiger partial charge is 0.366 e. The van der Waals surface area contributed by atoms with Crippen molar-refractivity contribution in [2.45, 2.75) is 13.1 Å². The minimum atomic E-state index is -0.100. The number of pyridine rings is 2. The lowest BCUT2D eigenvalue weighted by Crippen LogP contribution is -2.24. The van der Waals surface area contributed by atoms with Crippen molar-refractivity contribution in [2.24, 2.45) is 0 Å². The summed E-state index contributed by atoms with van der Waals surface area (Å²) in [7, 11) is 0. The zero-order valence-electron chi connectivity index (χ0n) is 12.8. The van der Waals surface area contributed by atoms with Gasteiger partial charge in [-0.05, 0) is 23.8 Å². The van der Waals surface area contributed by atoms with Crippen molar-refractivity contribution in [3.63, 3.8) is 0 Å². The molecule has 0 spiro atoms. The van der Waals surface area contributed by atoms with Gasteiger partial charge in [-0.15, -0.1) is 0 Å². The molecule has 118 valence electrons. The van der Waals surface area contributed by atoms with E-state index in [-0.39, 0.29) is 5.91 Å². The smallest absolute Gasteiger partial charge is 0.261 e. The monoisotopic (exact) mass is 318 g/mol. The Bertz CT molecular complexity index is 869. The summed E-state index contributed by atoms with van der Waals surface area (Å²) in [6, 6.07) is 7.50. The molecule has 4 rings (SSSR count). The van der Waals surface area contributed by atoms with Crippen molar-refractivity contribution >= 4 is 17.5 Å². The Morgan fingerprint density at radius 1 is 1.08 bits per heavy atom. The van der Waals surface area contributed by atoms with Gasteiger partial charge < -0.3 is 5.32 Å². The lowest BCUT2D eigenvalue weighted by molar-refractivity contribution is 0.0996. The Morgan fingerprint density at radius 2 is 2.00 bits per heavy atom. The van der Waals surface area contributed by atoms with E-state index in [0.29, 0.717) is 24.5 Å². The fourth-order valence-corrected chi connectivity index (χ4v) is 2.59. The topological polar surface area (TPSA) is 83.9 Å². The second-order valence-electron chi connectivity index (χ2n) is 5.36. The van der Waals surface area contributed by atoms with Gasteiger partial charge in [0.05, 0.1) is 24.0 Å². The van der Waals surface area contributed by atoms with Crippen LogP contribution >= 0.6 is 0 Å². The lowest BCUT2D eigenvalue weighted by atomic mass is 10.2. The van der Waals surface area contributed by atoms with Gasteiger partial charge in [0.15, 0.2) is 5.82 Å². The number of carbonyl (C=O) groups is 1. The number of fused-ring (bicyclic) bond motifs is 1. The highest BCUT2D eigenvalue weighted by atomic mass is 16.2. The van der Waals surface area contributed by atoms with Crippen molar-refractivity contribution in [3.05, 3.63) is 72.1 Å². The van der Waals surface area contributed by atoms with E-state index in [1.54, 1.807) is 42.0 Å². The predicted octanol–water partition coefficient (Wildman–Crippen LogP) is 2.04. The minimum Gasteiger partial charge on any atom is -0.366 e. The molecule has 3 aromatic rings. The molecule has 3 aromatic heterocycles. The number of carbonyl (C=O) groups excluding carboxylic acids is 1. The molecule has 1 aliphatic rings. The van der Waals surface area contributed by atoms with Gasteiger partial charge in [0.25, 0.3) is 5.91 Å². The molecule has 7 nitrogen and oxygen atoms in total. The van der Waals surface area contributed by atoms with Crippen LogP contribution in [0.4, 0.5) is 11.6 Å². The predicted molar refractivity (Wildman–Crippen MR) is 88.3 cm³/mol. The zero-order chi connectivity index (χ0) is 16.4. The Labute approximate surface area is 138 Å². The minimum absolute atomic E-state index is 0.100. The summed E-state index contributed by atoms with van der Waals surface area (Å²) < 4.78 is 0. The third-order valence-electron chi connectivity index (χ3n) is 3.78. The molecule has 0 radical (unpaired) electrons. The summed E-state index contributed by atoms with van der Waals surface area (Å²) >= 11 is 0. The standard InChI is InChI=1S/C17H14N6O/c24-17-13-3-4-15(21-9-12-2-1-5-18-8-12)22-14(13)11-23(17)16-10-19-6-7-20-16/h1-8,10H,9,11H2,(H,21,22). The van der Waals surface area contributed by atoms with Crippen molar-refractivity contribution in [2.75, 3.05) is 10.2 Å². The van der Waals surface area contributed by atoms with E-state index in [9.17, 15) is 4.79 Å². The second kappa shape index (κ2) is 6.04. The number of nitrogens with zero attached hydrogens (tertiary/aromatic N) is 5. The average molecular weight is 318 g/mol. The summed E-state index contributed by atoms with van der Waals surface area (Å²) in [4.78, 5) is 30.9. The van der Waals surface area contributed by atoms with E-state index in [2.05, 4.69) is 25.3 Å². The number of aromatic nitrogens is 4. The fourth-order valence-electron chi connectivity index (χ4n) is 2.59. The molecule has 7 heteroatoms. The quantitative estimate of drug-likeness (QED) is 0.792. The van der Waals surface area contributed by atoms with Crippen LogP contribution in [0.3, 0.4) is 0 Å². The number of hydrogen-bond acceptors (Lipinski definition) is 6. The van der Waals surface area contributed by atoms with Gasteiger partial charge in [-0.1, -0.05) is 6.07 Å². The van der Waals surface area contributed by atoms with Crippen LogP contribution in [-0.2, 0) is 13.1 Å². The van der Waals surface area contributed by atoms with Gasteiger partial charge in [0.2, 0.25) is 0 Å². The van der Waals surface area contributed by atoms with Gasteiger partial charge in [-0.2, -0.15) is 0 Å². The van der Waals surface area contributed by atoms with E-state index in [4.69, 9.17) is 0 Å². The third-order valence-corrected chi connectivity index (χ3v) is 3.78. The van der Waals surface area contributed by atoms with E-state index in [1.165, 1.54) is 0 Å². The maximum absolute atomic E-state index is 12.5. The number of amides is 1. The fraction of sp³-hybridized carbons (Fsp3) is 0.118. The third kappa shape index (κ3) is 2.67. The highest BCUT2D eigenvalue weighted by Gasteiger charge is 2.30. The first-order chi connectivity index (χ1) is 11.8. The van der Waals surface area contributed by atoms with E-state index in [1.807, 2.05) is 18.2 Å². The second-order valence-corrected chi connectivity index (χ2v) is 5.36. The summed E-state index contributed by atoms with van der Waals surface area (Å²) in [6.07, 6.45) is 8.27. The van der Waals surface area contributed by atoms with Gasteiger partial charge in [0, 0.05) is 31.3 Å². The molecule has 0 bridgehead atoms. The van der Waals surface area contributed by atoms with Crippen LogP contribution in [0.25, 0.3) is 0 Å². The Balaban J connectivity index is 1.52. The summed E-state index contributed by atoms with van der Waals surface area (Å²) in [6.45, 7) is 1.02. The van der Waals surface area contributed by atoms with Gasteiger partial charge in [0.1, 0.15) is 5.82 Å². The van der Waals surface area contributed by atoms with Crippen LogP contribution in [0.1, 0.15) is 21.6 Å². The maximum Gasteiger partial charge on any atom is 0.261 e. The molecule has 0 saturated heterocycles. The molecule has 1 aliphatic heterocycles. The van der Waals surface area contributed by atoms with Gasteiger partial charge in [-0.3, -0.25) is 19.7 Å². The molecule has 0 aromatic carbocycles. The van der Waals surface area contributed by atoms with Crippen LogP contribution in [0, 0.1) is 0 Å². The maximum atomic E-state index is 12.5. The van der Waals surface area contributed by atoms with Crippen LogP contribution in [-0.4, -0.2) is 25.8 Å². The highest BCUT2D eigenvalue weighted by molar-refractivity contribution is 6.09. The van der Waals surface area contributed by atoms with Crippen LogP contribution in [0.5, 0.6) is 0 Å². The lowest BCUT2D eigenvalue weighted by Gasteiger charge is -2.12. The molecule has 4 heterocycles. The van der Waals surface area contributed by atoms with Crippen LogP contribution < -0.4 is 10.2 Å². The first-order valence-corrected chi connectivity index (χ1v) is 7.52. The molecule has 24 heavy (non-hydrogen) atoms. The van der Waals surface area contributed by atoms with E-state index < -0.39 is 0 Å². The van der Waals surface area contributed by atoms with Crippen LogP contribution in [0.15, 0.2) is 55.2 Å². The van der Waals surface area contributed by atoms with Gasteiger partial charge >= 0.3 is 0 Å². The SMILES string of the molecule is O=C1c2ccc(NCc3cccnc3)nc2CN1c1cnccn1. The molecular formula is C17H14N6O. The molecule has 0 atom stereocenters. The molecule has 0 fully saturated rings. The van der Waals surface area contributed by atoms with Crippen molar-refractivity contribution in [1.29, 1.82) is 0 Å². The van der Waals surface area contributed by atoms with Crippen molar-refractivity contribution < 1.29 is 4.79 Å². The summed E-state index contributed by atoms with van der Waals surface area (Å²) in [5, 5.41) is 3.25. The Hall–Kier alpha value is -3.35. The number of anilines is 2. The molecule has 1 N–H and O–H groups in total. The normalized spacial score (nSPS) is 13.0. The van der Waals surface area contributed by atoms with Crippen molar-refractivity contribution in [1.82, 2.24) is 19.9 Å². The molecule has 0 aliphatic carbocycles. The first kappa shape index (κ1) is 14.3. The molecule has 1 amide bonds. The number of rotatable bonds is 4. The van der Waals surface area contributed by atoms with E-state index >= 15 is 0 Å². The van der Waals surface area contributed by atoms with E-state index in [0.717, 1.165) is 17.1 Å². The zero-order valence-corrected chi connectivity index (χ0v) is 12.8. The Kier molecular flexibility index (Phi) is 3.59. The number of hydrogen-bond donors (Lipinski definition) is 1. The molecule has 0 unspecified atom stereocenters. The molecular weight excluding hydrogens is 304 g/mol. The van der Waals surface area contributed by atoms with Crippen LogP contribution in [0.2, 0.25) is 0 Å².